The van der Waals surface area contributed by atoms with Gasteiger partial charge in [-0.3, -0.25) is 4.79 Å². The predicted octanol–water partition coefficient (Wildman–Crippen LogP) is 2.94. The molecule has 2 aromatic rings. The van der Waals surface area contributed by atoms with Crippen LogP contribution in [0.25, 0.3) is 0 Å². The second-order valence-electron chi connectivity index (χ2n) is 5.85. The molecule has 0 bridgehead atoms. The van der Waals surface area contributed by atoms with Gasteiger partial charge in [-0.15, -0.1) is 0 Å². The Hall–Kier alpha value is -2.36. The van der Waals surface area contributed by atoms with E-state index < -0.39 is 0 Å². The number of rotatable bonds is 5. The summed E-state index contributed by atoms with van der Waals surface area (Å²) in [4.78, 5) is 14.3. The maximum Gasteiger partial charge on any atom is 0.239 e. The number of hydrogen-bond acceptors (Lipinski definition) is 2. The van der Waals surface area contributed by atoms with Crippen molar-refractivity contribution in [1.82, 2.24) is 5.32 Å². The van der Waals surface area contributed by atoms with E-state index >= 15 is 0 Å². The van der Waals surface area contributed by atoms with Crippen LogP contribution in [0.1, 0.15) is 17.5 Å². The van der Waals surface area contributed by atoms with Crippen molar-refractivity contribution in [3.63, 3.8) is 0 Å². The minimum atomic E-state index is -0.216. The third kappa shape index (κ3) is 3.89. The highest BCUT2D eigenvalue weighted by Gasteiger charge is 2.18. The van der Waals surface area contributed by atoms with E-state index in [2.05, 4.69) is 22.3 Å². The predicted molar refractivity (Wildman–Crippen MR) is 90.1 cm³/mol. The van der Waals surface area contributed by atoms with Crippen LogP contribution in [0.4, 0.5) is 10.1 Å². The average molecular weight is 312 g/mol. The molecule has 1 aliphatic heterocycles. The molecule has 0 unspecified atom stereocenters. The fourth-order valence-corrected chi connectivity index (χ4v) is 3.04. The van der Waals surface area contributed by atoms with E-state index in [9.17, 15) is 9.18 Å². The number of halogens is 1. The lowest BCUT2D eigenvalue weighted by Crippen LogP contribution is -2.40. The number of carbonyl (C=O) groups is 1. The second-order valence-corrected chi connectivity index (χ2v) is 5.85. The highest BCUT2D eigenvalue weighted by atomic mass is 19.1. The standard InChI is InChI=1S/C19H21FN2O/c20-17-9-3-1-6-15(17)11-12-21-19(23)14-22-13-5-8-16-7-2-4-10-18(16)22/h1-4,6-7,9-10H,5,8,11-14H2,(H,21,23). The van der Waals surface area contributed by atoms with Crippen molar-refractivity contribution in [3.05, 3.63) is 65.5 Å². The van der Waals surface area contributed by atoms with E-state index in [4.69, 9.17) is 0 Å². The second kappa shape index (κ2) is 7.27. The number of amides is 1. The van der Waals surface area contributed by atoms with Gasteiger partial charge in [-0.1, -0.05) is 36.4 Å². The summed E-state index contributed by atoms with van der Waals surface area (Å²) >= 11 is 0. The van der Waals surface area contributed by atoms with E-state index in [0.29, 0.717) is 25.1 Å². The first kappa shape index (κ1) is 15.5. The molecule has 0 saturated heterocycles. The topological polar surface area (TPSA) is 32.3 Å². The normalized spacial score (nSPS) is 13.5. The van der Waals surface area contributed by atoms with Crippen LogP contribution in [0, 0.1) is 5.82 Å². The zero-order valence-corrected chi connectivity index (χ0v) is 13.1. The Balaban J connectivity index is 1.52. The van der Waals surface area contributed by atoms with Crippen molar-refractivity contribution in [2.45, 2.75) is 19.3 Å². The molecule has 0 atom stereocenters. The van der Waals surface area contributed by atoms with E-state index in [1.807, 2.05) is 18.2 Å². The number of para-hydroxylation sites is 1. The van der Waals surface area contributed by atoms with Crippen LogP contribution in [0.3, 0.4) is 0 Å². The number of anilines is 1. The first-order valence-corrected chi connectivity index (χ1v) is 8.07. The molecule has 1 amide bonds. The van der Waals surface area contributed by atoms with Crippen molar-refractivity contribution in [1.29, 1.82) is 0 Å². The van der Waals surface area contributed by atoms with E-state index in [-0.39, 0.29) is 11.7 Å². The van der Waals surface area contributed by atoms with Crippen molar-refractivity contribution < 1.29 is 9.18 Å². The molecule has 0 aromatic heterocycles. The van der Waals surface area contributed by atoms with E-state index in [1.54, 1.807) is 12.1 Å². The average Bonchev–Trinajstić information content (AvgIpc) is 2.57. The number of fused-ring (bicyclic) bond motifs is 1. The molecule has 1 aliphatic rings. The Labute approximate surface area is 136 Å². The lowest BCUT2D eigenvalue weighted by molar-refractivity contribution is -0.119. The van der Waals surface area contributed by atoms with Crippen LogP contribution in [-0.2, 0) is 17.6 Å². The SMILES string of the molecule is O=C(CN1CCCc2ccccc21)NCCc1ccccc1F. The van der Waals surface area contributed by atoms with Crippen LogP contribution in [-0.4, -0.2) is 25.5 Å². The maximum atomic E-state index is 13.5. The molecule has 1 heterocycles. The number of hydrogen-bond donors (Lipinski definition) is 1. The molecular weight excluding hydrogens is 291 g/mol. The van der Waals surface area contributed by atoms with Crippen molar-refractivity contribution in [3.8, 4) is 0 Å². The van der Waals surface area contributed by atoms with Gasteiger partial charge >= 0.3 is 0 Å². The molecular formula is C19H21FN2O. The van der Waals surface area contributed by atoms with Gasteiger partial charge < -0.3 is 10.2 Å². The van der Waals surface area contributed by atoms with Gasteiger partial charge in [0.05, 0.1) is 6.54 Å². The zero-order valence-electron chi connectivity index (χ0n) is 13.1. The summed E-state index contributed by atoms with van der Waals surface area (Å²) in [6, 6.07) is 14.9. The van der Waals surface area contributed by atoms with Crippen molar-refractivity contribution in [2.24, 2.45) is 0 Å². The lowest BCUT2D eigenvalue weighted by Gasteiger charge is -2.30. The zero-order chi connectivity index (χ0) is 16.1. The van der Waals surface area contributed by atoms with Crippen LogP contribution < -0.4 is 10.2 Å². The first-order valence-electron chi connectivity index (χ1n) is 8.07. The summed E-state index contributed by atoms with van der Waals surface area (Å²) in [6.07, 6.45) is 2.65. The summed E-state index contributed by atoms with van der Waals surface area (Å²) in [6.45, 7) is 1.71. The Morgan fingerprint density at radius 3 is 2.78 bits per heavy atom. The van der Waals surface area contributed by atoms with Gasteiger partial charge in [-0.2, -0.15) is 0 Å². The van der Waals surface area contributed by atoms with Crippen LogP contribution in [0.2, 0.25) is 0 Å². The molecule has 23 heavy (non-hydrogen) atoms. The van der Waals surface area contributed by atoms with Crippen LogP contribution in [0.5, 0.6) is 0 Å². The molecule has 0 saturated carbocycles. The molecule has 3 nitrogen and oxygen atoms in total. The molecule has 2 aromatic carbocycles. The Morgan fingerprint density at radius 1 is 1.13 bits per heavy atom. The Bertz CT molecular complexity index is 687. The molecule has 1 N–H and O–H groups in total. The van der Waals surface area contributed by atoms with Gasteiger partial charge in [-0.25, -0.2) is 4.39 Å². The molecule has 4 heteroatoms. The Morgan fingerprint density at radius 2 is 1.91 bits per heavy atom. The maximum absolute atomic E-state index is 13.5. The van der Waals surface area contributed by atoms with Gasteiger partial charge in [0.15, 0.2) is 0 Å². The van der Waals surface area contributed by atoms with E-state index in [0.717, 1.165) is 25.1 Å². The highest BCUT2D eigenvalue weighted by molar-refractivity contribution is 5.81. The minimum Gasteiger partial charge on any atom is -0.362 e. The summed E-state index contributed by atoms with van der Waals surface area (Å²) in [7, 11) is 0. The smallest absolute Gasteiger partial charge is 0.239 e. The monoisotopic (exact) mass is 312 g/mol. The highest BCUT2D eigenvalue weighted by Crippen LogP contribution is 2.26. The fourth-order valence-electron chi connectivity index (χ4n) is 3.04. The van der Waals surface area contributed by atoms with Crippen LogP contribution >= 0.6 is 0 Å². The van der Waals surface area contributed by atoms with Gasteiger partial charge in [0, 0.05) is 18.8 Å². The first-order chi connectivity index (χ1) is 11.2. The molecule has 0 radical (unpaired) electrons. The number of benzene rings is 2. The largest absolute Gasteiger partial charge is 0.362 e. The third-order valence-corrected chi connectivity index (χ3v) is 4.22. The Kier molecular flexibility index (Phi) is 4.91. The number of carbonyl (C=O) groups excluding carboxylic acids is 1. The fraction of sp³-hybridized carbons (Fsp3) is 0.316. The molecule has 0 spiro atoms. The molecule has 0 aliphatic carbocycles. The number of nitrogens with zero attached hydrogens (tertiary/aromatic N) is 1. The van der Waals surface area contributed by atoms with Crippen molar-refractivity contribution >= 4 is 11.6 Å². The van der Waals surface area contributed by atoms with Gasteiger partial charge in [0.25, 0.3) is 0 Å². The minimum absolute atomic E-state index is 0.0157. The van der Waals surface area contributed by atoms with Crippen molar-refractivity contribution in [2.75, 3.05) is 24.5 Å². The molecule has 0 fully saturated rings. The number of nitrogens with one attached hydrogen (secondary N) is 1. The van der Waals surface area contributed by atoms with Crippen LogP contribution in [0.15, 0.2) is 48.5 Å². The summed E-state index contributed by atoms with van der Waals surface area (Å²) < 4.78 is 13.5. The van der Waals surface area contributed by atoms with Gasteiger partial charge in [0.2, 0.25) is 5.91 Å². The quantitative estimate of drug-likeness (QED) is 0.920. The summed E-state index contributed by atoms with van der Waals surface area (Å²) in [5, 5.41) is 2.89. The van der Waals surface area contributed by atoms with Gasteiger partial charge in [-0.05, 0) is 42.5 Å². The van der Waals surface area contributed by atoms with Gasteiger partial charge in [0.1, 0.15) is 5.82 Å². The summed E-state index contributed by atoms with van der Waals surface area (Å²) in [5.74, 6) is -0.232. The third-order valence-electron chi connectivity index (χ3n) is 4.22. The van der Waals surface area contributed by atoms with E-state index in [1.165, 1.54) is 11.6 Å². The lowest BCUT2D eigenvalue weighted by atomic mass is 10.0. The molecule has 120 valence electrons. The summed E-state index contributed by atoms with van der Waals surface area (Å²) in [5.41, 5.74) is 3.09. The number of aryl methyl sites for hydroxylation is 1. The molecule has 3 rings (SSSR count).